The number of hydrogen-bond donors (Lipinski definition) is 0. The molecule has 0 fully saturated rings. The Labute approximate surface area is 111 Å². The molecule has 0 amide bonds. The molecule has 2 aromatic heterocycles. The van der Waals surface area contributed by atoms with Crippen molar-refractivity contribution >= 4 is 10.9 Å². The summed E-state index contributed by atoms with van der Waals surface area (Å²) in [7, 11) is 1.69. The Hall–Kier alpha value is -2.23. The Kier molecular flexibility index (Phi) is 2.78. The third kappa shape index (κ3) is 1.89. The Morgan fingerprint density at radius 2 is 2.11 bits per heavy atom. The number of aryl methyl sites for hydroxylation is 2. The third-order valence-electron chi connectivity index (χ3n) is 3.50. The van der Waals surface area contributed by atoms with E-state index in [1.54, 1.807) is 7.11 Å². The first kappa shape index (κ1) is 11.8. The lowest BCUT2D eigenvalue weighted by Crippen LogP contribution is -2.00. The standard InChI is InChI=1S/C15H16N2O2/c1-10-13(11(2)19-16-10)9-17-8-7-12-14(17)5-4-6-15(12)18-3/h4-8H,9H2,1-3H3. The van der Waals surface area contributed by atoms with Crippen molar-refractivity contribution in [1.29, 1.82) is 0 Å². The maximum atomic E-state index is 5.38. The molecule has 0 saturated carbocycles. The summed E-state index contributed by atoms with van der Waals surface area (Å²) in [6.07, 6.45) is 2.07. The minimum Gasteiger partial charge on any atom is -0.496 e. The Balaban J connectivity index is 2.07. The molecular weight excluding hydrogens is 240 g/mol. The van der Waals surface area contributed by atoms with Crippen LogP contribution in [0.2, 0.25) is 0 Å². The van der Waals surface area contributed by atoms with E-state index >= 15 is 0 Å². The van der Waals surface area contributed by atoms with E-state index in [2.05, 4.69) is 28.1 Å². The quantitative estimate of drug-likeness (QED) is 0.721. The number of nitrogens with zero attached hydrogens (tertiary/aromatic N) is 2. The highest BCUT2D eigenvalue weighted by Gasteiger charge is 2.12. The number of rotatable bonds is 3. The van der Waals surface area contributed by atoms with E-state index in [4.69, 9.17) is 9.26 Å². The van der Waals surface area contributed by atoms with Crippen molar-refractivity contribution in [3.63, 3.8) is 0 Å². The molecule has 0 aliphatic carbocycles. The molecule has 0 atom stereocenters. The predicted octanol–water partition coefficient (Wildman–Crippen LogP) is 3.30. The number of hydrogen-bond acceptors (Lipinski definition) is 3. The van der Waals surface area contributed by atoms with Crippen LogP contribution in [0.25, 0.3) is 10.9 Å². The van der Waals surface area contributed by atoms with Gasteiger partial charge in [0.05, 0.1) is 24.9 Å². The van der Waals surface area contributed by atoms with Gasteiger partial charge in [-0.2, -0.15) is 0 Å². The van der Waals surface area contributed by atoms with Gasteiger partial charge in [-0.15, -0.1) is 0 Å². The van der Waals surface area contributed by atoms with Gasteiger partial charge < -0.3 is 13.8 Å². The minimum absolute atomic E-state index is 0.762. The second kappa shape index (κ2) is 4.46. The van der Waals surface area contributed by atoms with Gasteiger partial charge in [0.15, 0.2) is 0 Å². The second-order valence-corrected chi connectivity index (χ2v) is 4.64. The summed E-state index contributed by atoms with van der Waals surface area (Å²) in [5.74, 6) is 1.78. The van der Waals surface area contributed by atoms with Crippen LogP contribution in [0.3, 0.4) is 0 Å². The first-order valence-corrected chi connectivity index (χ1v) is 6.24. The fourth-order valence-corrected chi connectivity index (χ4v) is 2.41. The summed E-state index contributed by atoms with van der Waals surface area (Å²) in [6.45, 7) is 4.68. The number of benzene rings is 1. The van der Waals surface area contributed by atoms with E-state index in [-0.39, 0.29) is 0 Å². The van der Waals surface area contributed by atoms with E-state index in [0.717, 1.165) is 40.2 Å². The van der Waals surface area contributed by atoms with Gasteiger partial charge >= 0.3 is 0 Å². The van der Waals surface area contributed by atoms with Gasteiger partial charge in [-0.25, -0.2) is 0 Å². The smallest absolute Gasteiger partial charge is 0.138 e. The molecule has 4 heteroatoms. The molecule has 98 valence electrons. The molecule has 0 N–H and O–H groups in total. The molecule has 1 aromatic carbocycles. The highest BCUT2D eigenvalue weighted by Crippen LogP contribution is 2.27. The van der Waals surface area contributed by atoms with Crippen LogP contribution in [0.4, 0.5) is 0 Å². The average Bonchev–Trinajstić information content (AvgIpc) is 2.97. The summed E-state index contributed by atoms with van der Waals surface area (Å²) in [5, 5.41) is 5.12. The number of methoxy groups -OCH3 is 1. The topological polar surface area (TPSA) is 40.2 Å². The molecule has 19 heavy (non-hydrogen) atoms. The first-order chi connectivity index (χ1) is 9.20. The van der Waals surface area contributed by atoms with Crippen molar-refractivity contribution in [2.45, 2.75) is 20.4 Å². The predicted molar refractivity (Wildman–Crippen MR) is 73.6 cm³/mol. The third-order valence-corrected chi connectivity index (χ3v) is 3.50. The van der Waals surface area contributed by atoms with Crippen LogP contribution in [-0.4, -0.2) is 16.8 Å². The summed E-state index contributed by atoms with van der Waals surface area (Å²) in [6, 6.07) is 8.15. The highest BCUT2D eigenvalue weighted by molar-refractivity contribution is 5.86. The van der Waals surface area contributed by atoms with Crippen molar-refractivity contribution < 1.29 is 9.26 Å². The largest absolute Gasteiger partial charge is 0.496 e. The van der Waals surface area contributed by atoms with Crippen LogP contribution in [0, 0.1) is 13.8 Å². The lowest BCUT2D eigenvalue weighted by Gasteiger charge is -2.06. The fourth-order valence-electron chi connectivity index (χ4n) is 2.41. The van der Waals surface area contributed by atoms with E-state index in [1.165, 1.54) is 0 Å². The SMILES string of the molecule is COc1cccc2c1ccn2Cc1c(C)noc1C. The van der Waals surface area contributed by atoms with Crippen LogP contribution < -0.4 is 4.74 Å². The molecule has 3 rings (SSSR count). The number of fused-ring (bicyclic) bond motifs is 1. The lowest BCUT2D eigenvalue weighted by molar-refractivity contribution is 0.392. The van der Waals surface area contributed by atoms with Crippen LogP contribution >= 0.6 is 0 Å². The van der Waals surface area contributed by atoms with Crippen molar-refractivity contribution in [2.24, 2.45) is 0 Å². The van der Waals surface area contributed by atoms with Gasteiger partial charge in [-0.05, 0) is 32.0 Å². The molecule has 4 nitrogen and oxygen atoms in total. The Morgan fingerprint density at radius 1 is 1.26 bits per heavy atom. The summed E-state index contributed by atoms with van der Waals surface area (Å²) in [4.78, 5) is 0. The summed E-state index contributed by atoms with van der Waals surface area (Å²) < 4.78 is 12.8. The molecule has 0 aliphatic rings. The molecule has 0 spiro atoms. The van der Waals surface area contributed by atoms with E-state index in [0.29, 0.717) is 0 Å². The number of ether oxygens (including phenoxy) is 1. The van der Waals surface area contributed by atoms with Gasteiger partial charge in [0.1, 0.15) is 11.5 Å². The molecule has 0 aliphatic heterocycles. The lowest BCUT2D eigenvalue weighted by atomic mass is 10.2. The van der Waals surface area contributed by atoms with Gasteiger partial charge in [0.25, 0.3) is 0 Å². The minimum atomic E-state index is 0.762. The van der Waals surface area contributed by atoms with Crippen molar-refractivity contribution in [2.75, 3.05) is 7.11 Å². The Morgan fingerprint density at radius 3 is 2.79 bits per heavy atom. The van der Waals surface area contributed by atoms with Gasteiger partial charge in [-0.3, -0.25) is 0 Å². The number of aromatic nitrogens is 2. The zero-order valence-corrected chi connectivity index (χ0v) is 11.3. The zero-order chi connectivity index (χ0) is 13.4. The van der Waals surface area contributed by atoms with Crippen LogP contribution in [0.5, 0.6) is 5.75 Å². The molecule has 0 bridgehead atoms. The van der Waals surface area contributed by atoms with E-state index in [9.17, 15) is 0 Å². The second-order valence-electron chi connectivity index (χ2n) is 4.64. The van der Waals surface area contributed by atoms with Crippen LogP contribution in [0.1, 0.15) is 17.0 Å². The molecule has 0 saturated heterocycles. The van der Waals surface area contributed by atoms with Crippen molar-refractivity contribution in [3.8, 4) is 5.75 Å². The summed E-state index contributed by atoms with van der Waals surface area (Å²) in [5.41, 5.74) is 3.24. The van der Waals surface area contributed by atoms with Crippen LogP contribution in [-0.2, 0) is 6.54 Å². The zero-order valence-electron chi connectivity index (χ0n) is 11.3. The van der Waals surface area contributed by atoms with E-state index in [1.807, 2.05) is 26.0 Å². The average molecular weight is 256 g/mol. The molecule has 2 heterocycles. The van der Waals surface area contributed by atoms with Gasteiger partial charge in [-0.1, -0.05) is 11.2 Å². The Bertz CT molecular complexity index is 705. The maximum Gasteiger partial charge on any atom is 0.138 e. The first-order valence-electron chi connectivity index (χ1n) is 6.24. The van der Waals surface area contributed by atoms with Gasteiger partial charge in [0.2, 0.25) is 0 Å². The van der Waals surface area contributed by atoms with Gasteiger partial charge in [0, 0.05) is 17.1 Å². The highest BCUT2D eigenvalue weighted by atomic mass is 16.5. The maximum absolute atomic E-state index is 5.38. The monoisotopic (exact) mass is 256 g/mol. The van der Waals surface area contributed by atoms with Crippen molar-refractivity contribution in [1.82, 2.24) is 9.72 Å². The van der Waals surface area contributed by atoms with E-state index < -0.39 is 0 Å². The molecule has 3 aromatic rings. The van der Waals surface area contributed by atoms with Crippen molar-refractivity contribution in [3.05, 3.63) is 47.5 Å². The van der Waals surface area contributed by atoms with Crippen LogP contribution in [0.15, 0.2) is 35.0 Å². The molecule has 0 radical (unpaired) electrons. The molecule has 0 unspecified atom stereocenters. The fraction of sp³-hybridized carbons (Fsp3) is 0.267. The molecular formula is C15H16N2O2. The normalized spacial score (nSPS) is 11.1. The summed E-state index contributed by atoms with van der Waals surface area (Å²) >= 11 is 0.